The predicted molar refractivity (Wildman–Crippen MR) is 301 cm³/mol. The van der Waals surface area contributed by atoms with E-state index in [-0.39, 0.29) is 23.7 Å². The predicted octanol–water partition coefficient (Wildman–Crippen LogP) is 12.6. The molecule has 6 aromatic heterocycles. The molecule has 77 heavy (non-hydrogen) atoms. The van der Waals surface area contributed by atoms with Crippen molar-refractivity contribution < 1.29 is 22.5 Å². The lowest BCUT2D eigenvalue weighted by Gasteiger charge is -2.18. The Morgan fingerprint density at radius 3 is 1.56 bits per heavy atom. The van der Waals surface area contributed by atoms with Gasteiger partial charge in [0.25, 0.3) is 0 Å². The standard InChI is InChI=1S/C30H28FN5O.C28H23FN4O2S.C3H9N/c1-2-16-32-26-18-22(15-17-33-26)30-29(21-7-10-23(31)11-8-21)35-27-13-12-24(36(27)30)19-37-28-14-9-20-5-3-4-6-25(20)34-28;1-36(34)26-16-20(14-15-30-26)28-27(19-6-9-21(29)10-7-19)32-24-12-11-22(33(24)28)17-35-25-13-8-18-4-2-3-5-23(18)31-25;1-2-3-4/h3-11,14-15,17-18,24H,2,12-13,16,19H2,1H3,(H,32,33);2-10,13-16,22H,11-12,17H2,1H3;2-4H2,1H3/t24-;22-,36?;/m00./s1. The molecule has 4 aromatic carbocycles. The zero-order chi connectivity index (χ0) is 53.3. The van der Waals surface area contributed by atoms with Gasteiger partial charge < -0.3 is 29.7 Å². The van der Waals surface area contributed by atoms with Gasteiger partial charge in [-0.25, -0.2) is 38.7 Å². The molecule has 0 saturated carbocycles. The summed E-state index contributed by atoms with van der Waals surface area (Å²) in [5, 5.41) is 6.03. The Balaban J connectivity index is 0.000000163. The summed E-state index contributed by atoms with van der Waals surface area (Å²) in [7, 11) is -1.23. The first-order valence-electron chi connectivity index (χ1n) is 26.1. The lowest BCUT2D eigenvalue weighted by atomic mass is 10.0. The largest absolute Gasteiger partial charge is 0.475 e. The van der Waals surface area contributed by atoms with Crippen LogP contribution in [0.4, 0.5) is 14.6 Å². The van der Waals surface area contributed by atoms with E-state index >= 15 is 0 Å². The van der Waals surface area contributed by atoms with E-state index in [4.69, 9.17) is 25.2 Å². The molecule has 0 fully saturated rings. The summed E-state index contributed by atoms with van der Waals surface area (Å²) in [5.74, 6) is 3.41. The number of hydrogen-bond donors (Lipinski definition) is 2. The van der Waals surface area contributed by atoms with Crippen molar-refractivity contribution in [2.75, 3.05) is 37.9 Å². The normalized spacial score (nSPS) is 14.7. The minimum Gasteiger partial charge on any atom is -0.475 e. The van der Waals surface area contributed by atoms with E-state index in [9.17, 15) is 13.0 Å². The van der Waals surface area contributed by atoms with Gasteiger partial charge in [-0.1, -0.05) is 50.2 Å². The number of aromatic nitrogens is 8. The molecule has 0 amide bonds. The van der Waals surface area contributed by atoms with Crippen LogP contribution in [0.25, 0.3) is 66.8 Å². The summed E-state index contributed by atoms with van der Waals surface area (Å²) < 4.78 is 56.4. The third-order valence-electron chi connectivity index (χ3n) is 13.5. The molecule has 2 aliphatic heterocycles. The summed E-state index contributed by atoms with van der Waals surface area (Å²) in [6.07, 6.45) is 10.7. The molecule has 16 heteroatoms. The summed E-state index contributed by atoms with van der Waals surface area (Å²) in [5.41, 5.74) is 13.9. The van der Waals surface area contributed by atoms with Crippen LogP contribution in [0.2, 0.25) is 0 Å². The summed E-state index contributed by atoms with van der Waals surface area (Å²) in [6, 6.07) is 44.7. The molecule has 10 aromatic rings. The van der Waals surface area contributed by atoms with Gasteiger partial charge in [-0.05, 0) is 129 Å². The van der Waals surface area contributed by atoms with Crippen molar-refractivity contribution in [1.29, 1.82) is 0 Å². The molecule has 8 heterocycles. The Morgan fingerprint density at radius 1 is 0.597 bits per heavy atom. The molecule has 0 radical (unpaired) electrons. The van der Waals surface area contributed by atoms with Crippen LogP contribution in [-0.4, -0.2) is 75.8 Å². The molecule has 3 N–H and O–H groups in total. The molecule has 392 valence electrons. The first-order chi connectivity index (χ1) is 37.7. The van der Waals surface area contributed by atoms with E-state index in [0.717, 1.165) is 136 Å². The number of para-hydroxylation sites is 2. The van der Waals surface area contributed by atoms with Gasteiger partial charge >= 0.3 is 0 Å². The van der Waals surface area contributed by atoms with Crippen LogP contribution in [0, 0.1) is 11.6 Å². The molecular weight excluding hydrogens is 991 g/mol. The second kappa shape index (κ2) is 24.2. The monoisotopic (exact) mass is 1050 g/mol. The van der Waals surface area contributed by atoms with Crippen LogP contribution in [0.15, 0.2) is 163 Å². The molecule has 1 unspecified atom stereocenters. The maximum absolute atomic E-state index is 13.7. The number of halogens is 2. The van der Waals surface area contributed by atoms with Gasteiger partial charge in [0.05, 0.1) is 56.7 Å². The average Bonchev–Trinajstić information content (AvgIpc) is 4.40. The number of pyridine rings is 4. The lowest BCUT2D eigenvalue weighted by Crippen LogP contribution is -2.15. The summed E-state index contributed by atoms with van der Waals surface area (Å²) in [4.78, 5) is 28.1. The van der Waals surface area contributed by atoms with E-state index in [0.29, 0.717) is 30.0 Å². The van der Waals surface area contributed by atoms with Crippen molar-refractivity contribution in [2.24, 2.45) is 5.73 Å². The Bertz CT molecular complexity index is 3660. The average molecular weight is 1050 g/mol. The molecular formula is C61H60F2N10O3S. The number of nitrogens with zero attached hydrogens (tertiary/aromatic N) is 8. The van der Waals surface area contributed by atoms with Crippen molar-refractivity contribution in [3.8, 4) is 56.8 Å². The highest BCUT2D eigenvalue weighted by Crippen LogP contribution is 2.42. The molecule has 12 rings (SSSR count). The van der Waals surface area contributed by atoms with Crippen LogP contribution >= 0.6 is 0 Å². The smallest absolute Gasteiger partial charge is 0.213 e. The van der Waals surface area contributed by atoms with E-state index in [2.05, 4.69) is 54.3 Å². The molecule has 13 nitrogen and oxygen atoms in total. The first-order valence-corrected chi connectivity index (χ1v) is 27.6. The zero-order valence-corrected chi connectivity index (χ0v) is 44.1. The fourth-order valence-electron chi connectivity index (χ4n) is 9.69. The molecule has 0 spiro atoms. The maximum atomic E-state index is 13.7. The minimum atomic E-state index is -1.23. The molecule has 0 bridgehead atoms. The van der Waals surface area contributed by atoms with Crippen molar-refractivity contribution in [1.82, 2.24) is 39.0 Å². The first kappa shape index (κ1) is 52.2. The van der Waals surface area contributed by atoms with Gasteiger partial charge in [0.1, 0.15) is 47.3 Å². The Labute approximate surface area is 449 Å². The van der Waals surface area contributed by atoms with E-state index in [1.54, 1.807) is 36.7 Å². The SMILES string of the molecule is CCCN.CCCNc1cc(-c2c(-c3ccc(F)cc3)nc3n2[C@H](COc2ccc4ccccc4n2)CC3)ccn1.CS(=O)c1cc(-c2c(-c3ccc(F)cc3)nc3n2[C@H](COc2ccc4ccccc4n2)CC3)ccn1. The highest BCUT2D eigenvalue weighted by molar-refractivity contribution is 7.84. The number of imidazole rings is 2. The van der Waals surface area contributed by atoms with Crippen molar-refractivity contribution in [2.45, 2.75) is 69.5 Å². The highest BCUT2D eigenvalue weighted by Gasteiger charge is 2.33. The third kappa shape index (κ3) is 11.9. The topological polar surface area (TPSA) is 161 Å². The number of rotatable bonds is 15. The zero-order valence-electron chi connectivity index (χ0n) is 43.3. The summed E-state index contributed by atoms with van der Waals surface area (Å²) in [6.45, 7) is 6.77. The molecule has 2 aliphatic rings. The van der Waals surface area contributed by atoms with Gasteiger partial charge in [-0.15, -0.1) is 0 Å². The van der Waals surface area contributed by atoms with Crippen LogP contribution in [0.1, 0.15) is 63.3 Å². The third-order valence-corrected chi connectivity index (χ3v) is 14.3. The maximum Gasteiger partial charge on any atom is 0.213 e. The number of hydrogen-bond acceptors (Lipinski definition) is 11. The van der Waals surface area contributed by atoms with Crippen LogP contribution in [0.5, 0.6) is 11.8 Å². The van der Waals surface area contributed by atoms with E-state index in [1.807, 2.05) is 97.2 Å². The van der Waals surface area contributed by atoms with Crippen molar-refractivity contribution >= 4 is 38.4 Å². The minimum absolute atomic E-state index is 0.0358. The molecule has 0 saturated heterocycles. The number of ether oxygens (including phenoxy) is 2. The molecule has 0 aliphatic carbocycles. The van der Waals surface area contributed by atoms with Crippen molar-refractivity contribution in [3.63, 3.8) is 0 Å². The number of fused-ring (bicyclic) bond motifs is 4. The Morgan fingerprint density at radius 2 is 1.08 bits per heavy atom. The fourth-order valence-corrected chi connectivity index (χ4v) is 10.2. The van der Waals surface area contributed by atoms with Gasteiger partial charge in [0.2, 0.25) is 11.8 Å². The van der Waals surface area contributed by atoms with Gasteiger partial charge in [0.15, 0.2) is 0 Å². The van der Waals surface area contributed by atoms with Crippen molar-refractivity contribution in [3.05, 3.63) is 181 Å². The van der Waals surface area contributed by atoms with Crippen LogP contribution in [0.3, 0.4) is 0 Å². The van der Waals surface area contributed by atoms with Crippen LogP contribution < -0.4 is 20.5 Å². The number of nitrogens with two attached hydrogens (primary N) is 1. The fraction of sp³-hybridized carbons (Fsp3) is 0.246. The summed E-state index contributed by atoms with van der Waals surface area (Å²) >= 11 is 0. The Hall–Kier alpha value is -8.21. The van der Waals surface area contributed by atoms with Gasteiger partial charge in [0, 0.05) is 83.2 Å². The Kier molecular flexibility index (Phi) is 16.4. The highest BCUT2D eigenvalue weighted by atomic mass is 32.2. The van der Waals surface area contributed by atoms with E-state index < -0.39 is 10.8 Å². The second-order valence-electron chi connectivity index (χ2n) is 18.9. The number of anilines is 1. The number of nitrogens with one attached hydrogen (secondary N) is 1. The quantitative estimate of drug-likeness (QED) is 0.101. The number of benzene rings is 4. The van der Waals surface area contributed by atoms with E-state index in [1.165, 1.54) is 24.3 Å². The van der Waals surface area contributed by atoms with Gasteiger partial charge in [-0.3, -0.25) is 4.21 Å². The van der Waals surface area contributed by atoms with Crippen LogP contribution in [-0.2, 0) is 23.6 Å². The van der Waals surface area contributed by atoms with Gasteiger partial charge in [-0.2, -0.15) is 0 Å². The second-order valence-corrected chi connectivity index (χ2v) is 20.2. The lowest BCUT2D eigenvalue weighted by molar-refractivity contribution is 0.248. The molecule has 3 atom stereocenters. The number of aryl methyl sites for hydroxylation is 2.